The minimum atomic E-state index is -0.498. The van der Waals surface area contributed by atoms with E-state index in [0.717, 1.165) is 18.4 Å². The van der Waals surface area contributed by atoms with E-state index in [1.807, 2.05) is 6.92 Å². The molecule has 0 bridgehead atoms. The number of aryl methyl sites for hydroxylation is 1. The van der Waals surface area contributed by atoms with Crippen molar-refractivity contribution in [1.82, 2.24) is 5.32 Å². The maximum Gasteiger partial charge on any atom is 0.319 e. The maximum atomic E-state index is 12.1. The first-order valence-corrected chi connectivity index (χ1v) is 7.54. The van der Waals surface area contributed by atoms with Gasteiger partial charge in [-0.3, -0.25) is 4.79 Å². The Morgan fingerprint density at radius 2 is 1.81 bits per heavy atom. The molecule has 0 saturated heterocycles. The molecule has 21 heavy (non-hydrogen) atoms. The molecular formula is C16H23N3O2. The average Bonchev–Trinajstić information content (AvgIpc) is 2.69. The Kier molecular flexibility index (Phi) is 5.20. The van der Waals surface area contributed by atoms with E-state index in [2.05, 4.69) is 10.6 Å². The molecule has 5 heteroatoms. The summed E-state index contributed by atoms with van der Waals surface area (Å²) in [4.78, 5) is 23.3. The van der Waals surface area contributed by atoms with Gasteiger partial charge in [-0.15, -0.1) is 0 Å². The first-order chi connectivity index (χ1) is 10.1. The average molecular weight is 289 g/mol. The summed E-state index contributed by atoms with van der Waals surface area (Å²) in [5, 5.41) is 5.83. The highest BCUT2D eigenvalue weighted by atomic mass is 16.2. The zero-order valence-electron chi connectivity index (χ0n) is 12.4. The van der Waals surface area contributed by atoms with Crippen molar-refractivity contribution >= 4 is 17.6 Å². The summed E-state index contributed by atoms with van der Waals surface area (Å²) >= 11 is 0. The molecule has 1 fully saturated rings. The molecule has 0 atom stereocenters. The molecule has 1 aliphatic carbocycles. The Balaban J connectivity index is 1.98. The number of hydrogen-bond donors (Lipinski definition) is 3. The lowest BCUT2D eigenvalue weighted by Crippen LogP contribution is -2.37. The molecule has 1 aliphatic rings. The van der Waals surface area contributed by atoms with Gasteiger partial charge in [0.15, 0.2) is 0 Å². The number of primary amides is 1. The number of carbonyl (C=O) groups excluding carboxylic acids is 2. The monoisotopic (exact) mass is 289 g/mol. The molecule has 1 aromatic carbocycles. The first kappa shape index (κ1) is 15.4. The second-order valence-corrected chi connectivity index (χ2v) is 5.68. The van der Waals surface area contributed by atoms with Crippen LogP contribution < -0.4 is 16.4 Å². The van der Waals surface area contributed by atoms with Gasteiger partial charge in [0.05, 0.1) is 0 Å². The predicted octanol–water partition coefficient (Wildman–Crippen LogP) is 2.94. The van der Waals surface area contributed by atoms with Crippen LogP contribution in [0.3, 0.4) is 0 Å². The Labute approximate surface area is 125 Å². The van der Waals surface area contributed by atoms with Crippen LogP contribution in [-0.4, -0.2) is 18.0 Å². The van der Waals surface area contributed by atoms with Crippen molar-refractivity contribution in [2.45, 2.75) is 51.5 Å². The minimum absolute atomic E-state index is 0.216. The SMILES string of the molecule is Cc1ccc(C(N)=O)cc1NC(=O)NC1CCCCCC1. The van der Waals surface area contributed by atoms with Crippen LogP contribution >= 0.6 is 0 Å². The van der Waals surface area contributed by atoms with E-state index in [4.69, 9.17) is 5.73 Å². The van der Waals surface area contributed by atoms with E-state index in [1.165, 1.54) is 25.7 Å². The Hall–Kier alpha value is -2.04. The number of rotatable bonds is 3. The van der Waals surface area contributed by atoms with Crippen LogP contribution in [0.4, 0.5) is 10.5 Å². The van der Waals surface area contributed by atoms with E-state index in [0.29, 0.717) is 11.3 Å². The first-order valence-electron chi connectivity index (χ1n) is 7.54. The molecule has 0 heterocycles. The number of carbonyl (C=O) groups is 2. The zero-order valence-corrected chi connectivity index (χ0v) is 12.4. The van der Waals surface area contributed by atoms with Gasteiger partial charge in [0.2, 0.25) is 5.91 Å². The number of hydrogen-bond acceptors (Lipinski definition) is 2. The summed E-state index contributed by atoms with van der Waals surface area (Å²) in [6.45, 7) is 1.88. The number of benzene rings is 1. The second-order valence-electron chi connectivity index (χ2n) is 5.68. The van der Waals surface area contributed by atoms with Crippen LogP contribution in [0, 0.1) is 6.92 Å². The van der Waals surface area contributed by atoms with Gasteiger partial charge in [0.1, 0.15) is 0 Å². The Bertz CT molecular complexity index is 520. The third kappa shape index (κ3) is 4.48. The topological polar surface area (TPSA) is 84.2 Å². The van der Waals surface area contributed by atoms with Crippen LogP contribution in [0.25, 0.3) is 0 Å². The van der Waals surface area contributed by atoms with Gasteiger partial charge in [0, 0.05) is 17.3 Å². The lowest BCUT2D eigenvalue weighted by molar-refractivity contribution is 0.100. The molecule has 0 unspecified atom stereocenters. The van der Waals surface area contributed by atoms with E-state index < -0.39 is 5.91 Å². The van der Waals surface area contributed by atoms with Gasteiger partial charge in [0.25, 0.3) is 0 Å². The van der Waals surface area contributed by atoms with Gasteiger partial charge in [-0.05, 0) is 37.5 Å². The Morgan fingerprint density at radius 1 is 1.14 bits per heavy atom. The van der Waals surface area contributed by atoms with Gasteiger partial charge in [-0.25, -0.2) is 4.79 Å². The van der Waals surface area contributed by atoms with Gasteiger partial charge >= 0.3 is 6.03 Å². The van der Waals surface area contributed by atoms with Crippen molar-refractivity contribution in [1.29, 1.82) is 0 Å². The predicted molar refractivity (Wildman–Crippen MR) is 83.3 cm³/mol. The summed E-state index contributed by atoms with van der Waals surface area (Å²) in [5.74, 6) is -0.498. The summed E-state index contributed by atoms with van der Waals surface area (Å²) in [7, 11) is 0. The highest BCUT2D eigenvalue weighted by Gasteiger charge is 2.15. The Morgan fingerprint density at radius 3 is 2.43 bits per heavy atom. The smallest absolute Gasteiger partial charge is 0.319 e. The van der Waals surface area contributed by atoms with Crippen LogP contribution in [-0.2, 0) is 0 Å². The quantitative estimate of drug-likeness (QED) is 0.747. The molecule has 114 valence electrons. The lowest BCUT2D eigenvalue weighted by atomic mass is 10.1. The van der Waals surface area contributed by atoms with Crippen molar-refractivity contribution in [2.24, 2.45) is 5.73 Å². The number of nitrogens with one attached hydrogen (secondary N) is 2. The fourth-order valence-electron chi connectivity index (χ4n) is 2.68. The molecule has 1 saturated carbocycles. The molecule has 0 aromatic heterocycles. The molecule has 2 rings (SSSR count). The molecule has 0 spiro atoms. The largest absolute Gasteiger partial charge is 0.366 e. The molecule has 0 aliphatic heterocycles. The van der Waals surface area contributed by atoms with Crippen molar-refractivity contribution in [2.75, 3.05) is 5.32 Å². The standard InChI is InChI=1S/C16H23N3O2/c1-11-8-9-12(15(17)20)10-14(11)19-16(21)18-13-6-4-2-3-5-7-13/h8-10,13H,2-7H2,1H3,(H2,17,20)(H2,18,19,21). The molecular weight excluding hydrogens is 266 g/mol. The minimum Gasteiger partial charge on any atom is -0.366 e. The van der Waals surface area contributed by atoms with Crippen LogP contribution in [0.5, 0.6) is 0 Å². The van der Waals surface area contributed by atoms with Crippen molar-refractivity contribution < 1.29 is 9.59 Å². The third-order valence-corrected chi connectivity index (χ3v) is 3.96. The highest BCUT2D eigenvalue weighted by molar-refractivity contribution is 5.96. The summed E-state index contributed by atoms with van der Waals surface area (Å²) in [6.07, 6.45) is 6.91. The van der Waals surface area contributed by atoms with E-state index in [-0.39, 0.29) is 12.1 Å². The molecule has 1 aromatic rings. The zero-order chi connectivity index (χ0) is 15.2. The lowest BCUT2D eigenvalue weighted by Gasteiger charge is -2.17. The molecule has 0 radical (unpaired) electrons. The normalized spacial score (nSPS) is 16.0. The van der Waals surface area contributed by atoms with E-state index in [1.54, 1.807) is 18.2 Å². The fraction of sp³-hybridized carbons (Fsp3) is 0.500. The summed E-state index contributed by atoms with van der Waals surface area (Å²) < 4.78 is 0. The summed E-state index contributed by atoms with van der Waals surface area (Å²) in [6, 6.07) is 5.08. The number of nitrogens with two attached hydrogens (primary N) is 1. The van der Waals surface area contributed by atoms with Crippen LogP contribution in [0.1, 0.15) is 54.4 Å². The van der Waals surface area contributed by atoms with Crippen molar-refractivity contribution in [3.63, 3.8) is 0 Å². The van der Waals surface area contributed by atoms with Gasteiger partial charge in [-0.1, -0.05) is 31.7 Å². The second kappa shape index (κ2) is 7.11. The number of amides is 3. The number of anilines is 1. The van der Waals surface area contributed by atoms with Crippen molar-refractivity contribution in [3.05, 3.63) is 29.3 Å². The molecule has 3 amide bonds. The fourth-order valence-corrected chi connectivity index (χ4v) is 2.68. The van der Waals surface area contributed by atoms with Gasteiger partial charge in [-0.2, -0.15) is 0 Å². The van der Waals surface area contributed by atoms with Crippen LogP contribution in [0.15, 0.2) is 18.2 Å². The maximum absolute atomic E-state index is 12.1. The van der Waals surface area contributed by atoms with Gasteiger partial charge < -0.3 is 16.4 Å². The van der Waals surface area contributed by atoms with Crippen LogP contribution in [0.2, 0.25) is 0 Å². The third-order valence-electron chi connectivity index (χ3n) is 3.96. The number of urea groups is 1. The molecule has 5 nitrogen and oxygen atoms in total. The van der Waals surface area contributed by atoms with E-state index in [9.17, 15) is 9.59 Å². The summed E-state index contributed by atoms with van der Waals surface area (Å²) in [5.41, 5.74) is 7.18. The highest BCUT2D eigenvalue weighted by Crippen LogP contribution is 2.19. The van der Waals surface area contributed by atoms with E-state index >= 15 is 0 Å². The van der Waals surface area contributed by atoms with Crippen molar-refractivity contribution in [3.8, 4) is 0 Å². The molecule has 4 N–H and O–H groups in total.